The van der Waals surface area contributed by atoms with Crippen molar-refractivity contribution >= 4 is 11.8 Å². The van der Waals surface area contributed by atoms with E-state index >= 15 is 0 Å². The predicted octanol–water partition coefficient (Wildman–Crippen LogP) is 3.95. The first-order valence-corrected chi connectivity index (χ1v) is 11.5. The zero-order valence-electron chi connectivity index (χ0n) is 19.7. The number of carbonyl (C=O) groups excluding carboxylic acids is 2. The van der Waals surface area contributed by atoms with E-state index in [2.05, 4.69) is 5.32 Å². The van der Waals surface area contributed by atoms with E-state index in [-0.39, 0.29) is 24.5 Å². The monoisotopic (exact) mass is 454 g/mol. The molecule has 1 N–H and O–H groups in total. The molecule has 0 aromatic heterocycles. The van der Waals surface area contributed by atoms with Crippen LogP contribution in [0, 0.1) is 0 Å². The lowest BCUT2D eigenvalue weighted by Gasteiger charge is -2.31. The molecule has 178 valence electrons. The molecule has 7 heteroatoms. The van der Waals surface area contributed by atoms with Gasteiger partial charge in [0.1, 0.15) is 23.3 Å². The Balaban J connectivity index is 1.74. The fourth-order valence-corrected chi connectivity index (χ4v) is 4.11. The van der Waals surface area contributed by atoms with Gasteiger partial charge >= 0.3 is 0 Å². The van der Waals surface area contributed by atoms with E-state index in [0.29, 0.717) is 24.5 Å². The first-order chi connectivity index (χ1) is 16.0. The molecule has 1 saturated carbocycles. The zero-order chi connectivity index (χ0) is 23.6. The maximum Gasteiger partial charge on any atom is 0.261 e. The highest BCUT2D eigenvalue weighted by Gasteiger charge is 2.30. The minimum Gasteiger partial charge on any atom is -0.497 e. The van der Waals surface area contributed by atoms with Crippen LogP contribution in [0.25, 0.3) is 0 Å². The molecule has 0 saturated heterocycles. The molecule has 0 radical (unpaired) electrons. The van der Waals surface area contributed by atoms with Crippen molar-refractivity contribution in [2.75, 3.05) is 20.8 Å². The Morgan fingerprint density at radius 3 is 2.03 bits per heavy atom. The molecule has 1 fully saturated rings. The first-order valence-electron chi connectivity index (χ1n) is 11.5. The lowest BCUT2D eigenvalue weighted by Crippen LogP contribution is -2.52. The quantitative estimate of drug-likeness (QED) is 0.556. The molecule has 1 atom stereocenters. The molecule has 1 aliphatic rings. The highest BCUT2D eigenvalue weighted by molar-refractivity contribution is 5.88. The normalized spacial score (nSPS) is 14.4. The van der Waals surface area contributed by atoms with Crippen molar-refractivity contribution in [3.05, 3.63) is 54.1 Å². The molecule has 2 amide bonds. The van der Waals surface area contributed by atoms with Crippen molar-refractivity contribution in [2.45, 2.75) is 57.7 Å². The smallest absolute Gasteiger partial charge is 0.261 e. The van der Waals surface area contributed by atoms with Gasteiger partial charge in [0, 0.05) is 12.6 Å². The molecule has 7 nitrogen and oxygen atoms in total. The van der Waals surface area contributed by atoms with E-state index in [4.69, 9.17) is 14.2 Å². The number of carbonyl (C=O) groups is 2. The summed E-state index contributed by atoms with van der Waals surface area (Å²) in [7, 11) is 3.21. The van der Waals surface area contributed by atoms with Gasteiger partial charge in [-0.3, -0.25) is 9.59 Å². The van der Waals surface area contributed by atoms with Crippen LogP contribution in [0.2, 0.25) is 0 Å². The summed E-state index contributed by atoms with van der Waals surface area (Å²) in [6.45, 7) is 2.08. The van der Waals surface area contributed by atoms with Crippen LogP contribution in [0.5, 0.6) is 17.2 Å². The Labute approximate surface area is 196 Å². The second-order valence-corrected chi connectivity index (χ2v) is 8.25. The Morgan fingerprint density at radius 2 is 1.48 bits per heavy atom. The summed E-state index contributed by atoms with van der Waals surface area (Å²) in [6, 6.07) is 14.2. The zero-order valence-corrected chi connectivity index (χ0v) is 19.7. The predicted molar refractivity (Wildman–Crippen MR) is 127 cm³/mol. The fourth-order valence-electron chi connectivity index (χ4n) is 4.11. The largest absolute Gasteiger partial charge is 0.497 e. The molecule has 0 heterocycles. The molecule has 1 aliphatic carbocycles. The van der Waals surface area contributed by atoms with Gasteiger partial charge in [-0.05, 0) is 61.2 Å². The van der Waals surface area contributed by atoms with Crippen LogP contribution in [-0.2, 0) is 16.1 Å². The van der Waals surface area contributed by atoms with Gasteiger partial charge in [-0.1, -0.05) is 31.9 Å². The minimum atomic E-state index is -0.570. The van der Waals surface area contributed by atoms with E-state index in [1.165, 1.54) is 0 Å². The summed E-state index contributed by atoms with van der Waals surface area (Å²) in [5.41, 5.74) is 0.917. The van der Waals surface area contributed by atoms with Gasteiger partial charge < -0.3 is 24.4 Å². The number of rotatable bonds is 11. The van der Waals surface area contributed by atoms with Crippen LogP contribution in [0.15, 0.2) is 48.5 Å². The van der Waals surface area contributed by atoms with E-state index in [9.17, 15) is 9.59 Å². The lowest BCUT2D eigenvalue weighted by atomic mass is 10.1. The summed E-state index contributed by atoms with van der Waals surface area (Å²) in [5.74, 6) is 1.68. The Bertz CT molecular complexity index is 892. The maximum absolute atomic E-state index is 13.3. The summed E-state index contributed by atoms with van der Waals surface area (Å²) >= 11 is 0. The van der Waals surface area contributed by atoms with Gasteiger partial charge in [0.15, 0.2) is 6.61 Å². The summed E-state index contributed by atoms with van der Waals surface area (Å²) < 4.78 is 16.1. The number of nitrogens with one attached hydrogen (secondary N) is 1. The SMILES string of the molecule is CCC(C(=O)NC1CCCC1)N(Cc1ccc(OC)cc1)C(=O)COc1ccc(OC)cc1. The van der Waals surface area contributed by atoms with Gasteiger partial charge in [0.05, 0.1) is 14.2 Å². The van der Waals surface area contributed by atoms with Crippen LogP contribution in [-0.4, -0.2) is 49.6 Å². The van der Waals surface area contributed by atoms with Crippen LogP contribution < -0.4 is 19.5 Å². The number of amides is 2. The number of benzene rings is 2. The third kappa shape index (κ3) is 6.88. The number of hydrogen-bond donors (Lipinski definition) is 1. The van der Waals surface area contributed by atoms with Crippen molar-refractivity contribution < 1.29 is 23.8 Å². The molecule has 1 unspecified atom stereocenters. The maximum atomic E-state index is 13.3. The number of methoxy groups -OCH3 is 2. The second kappa shape index (κ2) is 12.1. The summed E-state index contributed by atoms with van der Waals surface area (Å²) in [6.07, 6.45) is 4.77. The van der Waals surface area contributed by atoms with Crippen molar-refractivity contribution in [1.82, 2.24) is 10.2 Å². The molecule has 2 aromatic rings. The summed E-state index contributed by atoms with van der Waals surface area (Å²) in [4.78, 5) is 28.0. The minimum absolute atomic E-state index is 0.101. The van der Waals surface area contributed by atoms with Crippen molar-refractivity contribution in [3.63, 3.8) is 0 Å². The van der Waals surface area contributed by atoms with Crippen LogP contribution in [0.1, 0.15) is 44.6 Å². The molecule has 2 aromatic carbocycles. The van der Waals surface area contributed by atoms with Crippen molar-refractivity contribution in [2.24, 2.45) is 0 Å². The Morgan fingerprint density at radius 1 is 0.939 bits per heavy atom. The van der Waals surface area contributed by atoms with Crippen LogP contribution >= 0.6 is 0 Å². The number of ether oxygens (including phenoxy) is 3. The van der Waals surface area contributed by atoms with Gasteiger partial charge in [0.2, 0.25) is 5.91 Å². The van der Waals surface area contributed by atoms with E-state index in [1.54, 1.807) is 43.4 Å². The first kappa shape index (κ1) is 24.4. The van der Waals surface area contributed by atoms with Crippen molar-refractivity contribution in [3.8, 4) is 17.2 Å². The molecule has 3 rings (SSSR count). The molecule has 0 aliphatic heterocycles. The van der Waals surface area contributed by atoms with E-state index < -0.39 is 6.04 Å². The second-order valence-electron chi connectivity index (χ2n) is 8.25. The Kier molecular flexibility index (Phi) is 8.98. The van der Waals surface area contributed by atoms with Crippen molar-refractivity contribution in [1.29, 1.82) is 0 Å². The molecular formula is C26H34N2O5. The topological polar surface area (TPSA) is 77.1 Å². The fraction of sp³-hybridized carbons (Fsp3) is 0.462. The third-order valence-electron chi connectivity index (χ3n) is 6.02. The van der Waals surface area contributed by atoms with Gasteiger partial charge in [-0.15, -0.1) is 0 Å². The van der Waals surface area contributed by atoms with Gasteiger partial charge in [-0.25, -0.2) is 0 Å². The molecule has 0 bridgehead atoms. The third-order valence-corrected chi connectivity index (χ3v) is 6.02. The van der Waals surface area contributed by atoms with Crippen LogP contribution in [0.4, 0.5) is 0 Å². The van der Waals surface area contributed by atoms with E-state index in [0.717, 1.165) is 37.0 Å². The lowest BCUT2D eigenvalue weighted by molar-refractivity contribution is -0.143. The number of hydrogen-bond acceptors (Lipinski definition) is 5. The van der Waals surface area contributed by atoms with Gasteiger partial charge in [0.25, 0.3) is 5.91 Å². The summed E-state index contributed by atoms with van der Waals surface area (Å²) in [5, 5.41) is 3.15. The average Bonchev–Trinajstić information content (AvgIpc) is 3.36. The molecular weight excluding hydrogens is 420 g/mol. The number of nitrogens with zero attached hydrogens (tertiary/aromatic N) is 1. The standard InChI is InChI=1S/C26H34N2O5/c1-4-24(26(30)27-20-7-5-6-8-20)28(17-19-9-11-21(31-2)12-10-19)25(29)18-33-23-15-13-22(32-3)14-16-23/h9-16,20,24H,4-8,17-18H2,1-3H3,(H,27,30). The van der Waals surface area contributed by atoms with Gasteiger partial charge in [-0.2, -0.15) is 0 Å². The molecule has 33 heavy (non-hydrogen) atoms. The van der Waals surface area contributed by atoms with Crippen LogP contribution in [0.3, 0.4) is 0 Å². The Hall–Kier alpha value is -3.22. The van der Waals surface area contributed by atoms with E-state index in [1.807, 2.05) is 31.2 Å². The highest BCUT2D eigenvalue weighted by Crippen LogP contribution is 2.21. The average molecular weight is 455 g/mol. The highest BCUT2D eigenvalue weighted by atomic mass is 16.5. The molecule has 0 spiro atoms.